The molecule has 0 amide bonds. The molecule has 1 N–H and O–H groups in total. The van der Waals surface area contributed by atoms with Gasteiger partial charge in [0.1, 0.15) is 0 Å². The number of rotatable bonds is 4. The molecule has 6 heteroatoms. The van der Waals surface area contributed by atoms with E-state index in [9.17, 15) is 4.79 Å². The summed E-state index contributed by atoms with van der Waals surface area (Å²) >= 11 is 0. The zero-order valence-corrected chi connectivity index (χ0v) is 11.9. The first-order valence-corrected chi connectivity index (χ1v) is 6.48. The zero-order chi connectivity index (χ0) is 14.8. The number of carboxylic acid groups (broad SMARTS) is 1. The number of hydrogen-bond acceptors (Lipinski definition) is 4. The lowest BCUT2D eigenvalue weighted by atomic mass is 10.1. The highest BCUT2D eigenvalue weighted by molar-refractivity contribution is 5.67. The third kappa shape index (κ3) is 3.40. The topological polar surface area (TPSA) is 80.9 Å². The summed E-state index contributed by atoms with van der Waals surface area (Å²) in [5, 5.41) is 21.1. The zero-order valence-electron chi connectivity index (χ0n) is 11.9. The first-order valence-electron chi connectivity index (χ1n) is 6.48. The van der Waals surface area contributed by atoms with E-state index in [-0.39, 0.29) is 12.0 Å². The van der Waals surface area contributed by atoms with E-state index in [1.54, 1.807) is 4.80 Å². The molecule has 1 aromatic carbocycles. The van der Waals surface area contributed by atoms with E-state index in [0.717, 1.165) is 11.1 Å². The fourth-order valence-corrected chi connectivity index (χ4v) is 1.69. The normalized spacial score (nSPS) is 11.6. The number of carboxylic acids is 1. The monoisotopic (exact) mass is 274 g/mol. The molecule has 0 spiro atoms. The number of benzene rings is 1. The summed E-state index contributed by atoms with van der Waals surface area (Å²) in [7, 11) is 0. The Morgan fingerprint density at radius 3 is 2.40 bits per heavy atom. The second-order valence-corrected chi connectivity index (χ2v) is 5.66. The molecular formula is C14H18N4O2. The van der Waals surface area contributed by atoms with Crippen LogP contribution in [0.2, 0.25) is 0 Å². The highest BCUT2D eigenvalue weighted by atomic mass is 16.4. The van der Waals surface area contributed by atoms with Crippen molar-refractivity contribution in [1.29, 1.82) is 0 Å². The summed E-state index contributed by atoms with van der Waals surface area (Å²) in [5.74, 6) is -0.214. The molecule has 0 aliphatic heterocycles. The number of carbonyl (C=O) groups is 1. The van der Waals surface area contributed by atoms with Gasteiger partial charge in [0.05, 0.1) is 5.54 Å². The van der Waals surface area contributed by atoms with E-state index >= 15 is 0 Å². The van der Waals surface area contributed by atoms with Gasteiger partial charge in [0.15, 0.2) is 0 Å². The minimum absolute atomic E-state index is 0.137. The first-order chi connectivity index (χ1) is 9.36. The smallest absolute Gasteiger partial charge is 0.303 e. The molecule has 0 saturated carbocycles. The van der Waals surface area contributed by atoms with Crippen molar-refractivity contribution in [1.82, 2.24) is 20.2 Å². The molecular weight excluding hydrogens is 256 g/mol. The van der Waals surface area contributed by atoms with E-state index in [1.165, 1.54) is 0 Å². The Bertz CT molecular complexity index is 596. The lowest BCUT2D eigenvalue weighted by Gasteiger charge is -2.15. The Kier molecular flexibility index (Phi) is 3.83. The molecule has 6 nitrogen and oxygen atoms in total. The maximum atomic E-state index is 10.5. The highest BCUT2D eigenvalue weighted by Gasteiger charge is 2.17. The summed E-state index contributed by atoms with van der Waals surface area (Å²) in [6, 6.07) is 7.58. The standard InChI is InChI=1S/C14H18N4O2/c1-14(2,3)18-16-13(15-17-18)11-7-4-10(5-8-11)6-9-12(19)20/h4-5,7-8H,6,9H2,1-3H3,(H,19,20). The van der Waals surface area contributed by atoms with Gasteiger partial charge in [-0.2, -0.15) is 4.80 Å². The van der Waals surface area contributed by atoms with E-state index < -0.39 is 5.97 Å². The summed E-state index contributed by atoms with van der Waals surface area (Å²) in [4.78, 5) is 12.1. The van der Waals surface area contributed by atoms with Crippen molar-refractivity contribution in [2.75, 3.05) is 0 Å². The van der Waals surface area contributed by atoms with Gasteiger partial charge in [-0.3, -0.25) is 4.79 Å². The van der Waals surface area contributed by atoms with Crippen LogP contribution in [0.4, 0.5) is 0 Å². The second kappa shape index (κ2) is 5.40. The number of aryl methyl sites for hydroxylation is 1. The molecule has 2 aromatic rings. The molecule has 0 aliphatic carbocycles. The van der Waals surface area contributed by atoms with Crippen LogP contribution < -0.4 is 0 Å². The third-order valence-electron chi connectivity index (χ3n) is 2.85. The average Bonchev–Trinajstić information content (AvgIpc) is 2.86. The van der Waals surface area contributed by atoms with Crippen LogP contribution in [0.1, 0.15) is 32.8 Å². The van der Waals surface area contributed by atoms with Gasteiger partial charge in [-0.05, 0) is 38.0 Å². The molecule has 0 bridgehead atoms. The number of tetrazole rings is 1. The van der Waals surface area contributed by atoms with Crippen molar-refractivity contribution < 1.29 is 9.90 Å². The van der Waals surface area contributed by atoms with E-state index in [1.807, 2.05) is 45.0 Å². The van der Waals surface area contributed by atoms with Crippen LogP contribution in [-0.4, -0.2) is 31.3 Å². The number of aliphatic carboxylic acids is 1. The summed E-state index contributed by atoms with van der Waals surface area (Å²) in [6.45, 7) is 6.02. The van der Waals surface area contributed by atoms with Gasteiger partial charge in [0.2, 0.25) is 5.82 Å². The van der Waals surface area contributed by atoms with Gasteiger partial charge in [-0.25, -0.2) is 0 Å². The molecule has 0 atom stereocenters. The molecule has 0 aliphatic rings. The predicted octanol–water partition coefficient (Wildman–Crippen LogP) is 2.11. The van der Waals surface area contributed by atoms with Crippen LogP contribution in [-0.2, 0) is 16.8 Å². The Morgan fingerprint density at radius 1 is 1.25 bits per heavy atom. The first kappa shape index (κ1) is 14.2. The quantitative estimate of drug-likeness (QED) is 0.923. The Labute approximate surface area is 117 Å². The minimum Gasteiger partial charge on any atom is -0.481 e. The maximum Gasteiger partial charge on any atom is 0.303 e. The lowest BCUT2D eigenvalue weighted by Crippen LogP contribution is -2.24. The average molecular weight is 274 g/mol. The molecule has 0 saturated heterocycles. The molecule has 0 unspecified atom stereocenters. The van der Waals surface area contributed by atoms with E-state index in [4.69, 9.17) is 5.11 Å². The Hall–Kier alpha value is -2.24. The van der Waals surface area contributed by atoms with Gasteiger partial charge < -0.3 is 5.11 Å². The van der Waals surface area contributed by atoms with Crippen LogP contribution in [0, 0.1) is 0 Å². The molecule has 0 radical (unpaired) electrons. The van der Waals surface area contributed by atoms with E-state index in [2.05, 4.69) is 15.4 Å². The molecule has 106 valence electrons. The predicted molar refractivity (Wildman–Crippen MR) is 74.2 cm³/mol. The van der Waals surface area contributed by atoms with Gasteiger partial charge in [0.25, 0.3) is 0 Å². The van der Waals surface area contributed by atoms with Crippen LogP contribution in [0.15, 0.2) is 24.3 Å². The van der Waals surface area contributed by atoms with Crippen LogP contribution in [0.3, 0.4) is 0 Å². The van der Waals surface area contributed by atoms with E-state index in [0.29, 0.717) is 12.2 Å². The van der Waals surface area contributed by atoms with Crippen molar-refractivity contribution in [3.8, 4) is 11.4 Å². The second-order valence-electron chi connectivity index (χ2n) is 5.66. The molecule has 1 heterocycles. The third-order valence-corrected chi connectivity index (χ3v) is 2.85. The van der Waals surface area contributed by atoms with Gasteiger partial charge in [0, 0.05) is 12.0 Å². The van der Waals surface area contributed by atoms with Gasteiger partial charge in [-0.1, -0.05) is 24.3 Å². The number of hydrogen-bond donors (Lipinski definition) is 1. The number of aromatic nitrogens is 4. The Balaban J connectivity index is 2.14. The van der Waals surface area contributed by atoms with Crippen LogP contribution in [0.25, 0.3) is 11.4 Å². The van der Waals surface area contributed by atoms with Crippen molar-refractivity contribution in [2.45, 2.75) is 39.2 Å². The summed E-state index contributed by atoms with van der Waals surface area (Å²) in [6.07, 6.45) is 0.662. The van der Waals surface area contributed by atoms with Crippen LogP contribution in [0.5, 0.6) is 0 Å². The Morgan fingerprint density at radius 2 is 1.90 bits per heavy atom. The van der Waals surface area contributed by atoms with Gasteiger partial charge >= 0.3 is 5.97 Å². The SMILES string of the molecule is CC(C)(C)n1nnc(-c2ccc(CCC(=O)O)cc2)n1. The largest absolute Gasteiger partial charge is 0.481 e. The fourth-order valence-electron chi connectivity index (χ4n) is 1.69. The highest BCUT2D eigenvalue weighted by Crippen LogP contribution is 2.17. The number of nitrogens with zero attached hydrogens (tertiary/aromatic N) is 4. The summed E-state index contributed by atoms with van der Waals surface area (Å²) in [5.41, 5.74) is 1.66. The molecule has 2 rings (SSSR count). The fraction of sp³-hybridized carbons (Fsp3) is 0.429. The maximum absolute atomic E-state index is 10.5. The molecule has 1 aromatic heterocycles. The van der Waals surface area contributed by atoms with Gasteiger partial charge in [-0.15, -0.1) is 10.2 Å². The van der Waals surface area contributed by atoms with Crippen molar-refractivity contribution in [2.24, 2.45) is 0 Å². The molecule has 0 fully saturated rings. The van der Waals surface area contributed by atoms with Crippen LogP contribution >= 0.6 is 0 Å². The van der Waals surface area contributed by atoms with Crippen molar-refractivity contribution in [3.05, 3.63) is 29.8 Å². The lowest BCUT2D eigenvalue weighted by molar-refractivity contribution is -0.136. The van der Waals surface area contributed by atoms with Crippen molar-refractivity contribution >= 4 is 5.97 Å². The van der Waals surface area contributed by atoms with Crippen molar-refractivity contribution in [3.63, 3.8) is 0 Å². The molecule has 20 heavy (non-hydrogen) atoms. The minimum atomic E-state index is -0.788. The summed E-state index contributed by atoms with van der Waals surface area (Å²) < 4.78 is 0.